The van der Waals surface area contributed by atoms with Gasteiger partial charge in [-0.1, -0.05) is 78.9 Å². The maximum Gasteiger partial charge on any atom is 0.326 e. The van der Waals surface area contributed by atoms with E-state index in [0.717, 1.165) is 32.7 Å². The molecule has 0 aromatic heterocycles. The molecular formula is C27H21NO4. The average molecular weight is 423 g/mol. The first-order valence-corrected chi connectivity index (χ1v) is 10.9. The number of amides is 2. The molecule has 2 atom stereocenters. The van der Waals surface area contributed by atoms with E-state index in [9.17, 15) is 14.4 Å². The van der Waals surface area contributed by atoms with Crippen molar-refractivity contribution in [2.75, 3.05) is 6.54 Å². The molecule has 2 amide bonds. The Morgan fingerprint density at radius 3 is 1.59 bits per heavy atom. The number of hydrogen-bond donors (Lipinski definition) is 0. The van der Waals surface area contributed by atoms with Gasteiger partial charge in [-0.25, -0.2) is 0 Å². The van der Waals surface area contributed by atoms with Gasteiger partial charge in [0.2, 0.25) is 11.8 Å². The van der Waals surface area contributed by atoms with E-state index in [1.165, 1.54) is 0 Å². The SMILES string of the molecule is O=C(CN1C(=O)[C@@H]2C3c4ccccc4C(c4ccccc43)[C@@H]2C1=O)OCc1ccccc1. The Morgan fingerprint density at radius 1 is 0.688 bits per heavy atom. The molecule has 32 heavy (non-hydrogen) atoms. The van der Waals surface area contributed by atoms with Crippen molar-refractivity contribution in [2.24, 2.45) is 11.8 Å². The zero-order valence-electron chi connectivity index (χ0n) is 17.3. The molecule has 3 aliphatic carbocycles. The zero-order chi connectivity index (χ0) is 21.8. The van der Waals surface area contributed by atoms with Crippen LogP contribution in [0.5, 0.6) is 0 Å². The van der Waals surface area contributed by atoms with E-state index in [1.807, 2.05) is 54.6 Å². The van der Waals surface area contributed by atoms with Crippen LogP contribution in [0.4, 0.5) is 0 Å². The second-order valence-electron chi connectivity index (χ2n) is 8.67. The van der Waals surface area contributed by atoms with E-state index in [2.05, 4.69) is 24.3 Å². The number of nitrogens with zero attached hydrogens (tertiary/aromatic N) is 1. The maximum absolute atomic E-state index is 13.5. The molecule has 1 saturated heterocycles. The van der Waals surface area contributed by atoms with E-state index in [0.29, 0.717) is 0 Å². The monoisotopic (exact) mass is 423 g/mol. The van der Waals surface area contributed by atoms with E-state index >= 15 is 0 Å². The van der Waals surface area contributed by atoms with Crippen LogP contribution in [-0.4, -0.2) is 29.2 Å². The molecule has 3 aromatic rings. The summed E-state index contributed by atoms with van der Waals surface area (Å²) in [4.78, 5) is 40.6. The summed E-state index contributed by atoms with van der Waals surface area (Å²) in [5, 5.41) is 0. The van der Waals surface area contributed by atoms with Crippen LogP contribution < -0.4 is 0 Å². The standard InChI is InChI=1S/C27H21NO4/c29-21(32-15-16-8-2-1-3-9-16)14-28-26(30)24-22-17-10-4-5-11-18(17)23(25(24)27(28)31)20-13-7-6-12-19(20)22/h1-13,22-25H,14-15H2/t22?,23?,24-,25+. The number of rotatable bonds is 4. The number of carbonyl (C=O) groups is 3. The molecule has 1 fully saturated rings. The highest BCUT2D eigenvalue weighted by molar-refractivity contribution is 6.09. The Balaban J connectivity index is 1.30. The van der Waals surface area contributed by atoms with Crippen LogP contribution >= 0.6 is 0 Å². The van der Waals surface area contributed by atoms with Crippen molar-refractivity contribution >= 4 is 17.8 Å². The molecule has 1 aliphatic heterocycles. The van der Waals surface area contributed by atoms with Gasteiger partial charge >= 0.3 is 5.97 Å². The van der Waals surface area contributed by atoms with Crippen LogP contribution in [0.15, 0.2) is 78.9 Å². The first-order valence-electron chi connectivity index (χ1n) is 10.9. The lowest BCUT2D eigenvalue weighted by Gasteiger charge is -2.45. The van der Waals surface area contributed by atoms with Crippen molar-refractivity contribution in [1.29, 1.82) is 0 Å². The molecule has 7 rings (SSSR count). The van der Waals surface area contributed by atoms with Crippen molar-refractivity contribution in [2.45, 2.75) is 18.4 Å². The van der Waals surface area contributed by atoms with E-state index in [4.69, 9.17) is 4.74 Å². The largest absolute Gasteiger partial charge is 0.459 e. The lowest BCUT2D eigenvalue weighted by Crippen LogP contribution is -2.41. The number of hydrogen-bond acceptors (Lipinski definition) is 4. The molecule has 3 aromatic carbocycles. The third kappa shape index (κ3) is 2.67. The zero-order valence-corrected chi connectivity index (χ0v) is 17.3. The summed E-state index contributed by atoms with van der Waals surface area (Å²) in [6.45, 7) is -0.228. The third-order valence-corrected chi connectivity index (χ3v) is 7.07. The van der Waals surface area contributed by atoms with Crippen molar-refractivity contribution in [3.63, 3.8) is 0 Å². The van der Waals surface area contributed by atoms with Gasteiger partial charge in [0.15, 0.2) is 0 Å². The fourth-order valence-corrected chi connectivity index (χ4v) is 5.81. The molecule has 2 bridgehead atoms. The van der Waals surface area contributed by atoms with Crippen LogP contribution in [0.2, 0.25) is 0 Å². The number of benzene rings is 3. The van der Waals surface area contributed by atoms with Crippen LogP contribution in [0, 0.1) is 11.8 Å². The molecule has 158 valence electrons. The Labute approximate surface area is 185 Å². The van der Waals surface area contributed by atoms with Crippen LogP contribution in [0.1, 0.15) is 39.7 Å². The minimum Gasteiger partial charge on any atom is -0.459 e. The summed E-state index contributed by atoms with van der Waals surface area (Å²) in [6, 6.07) is 25.5. The second kappa shape index (κ2) is 7.16. The van der Waals surface area contributed by atoms with E-state index in [-0.39, 0.29) is 36.8 Å². The summed E-state index contributed by atoms with van der Waals surface area (Å²) in [6.07, 6.45) is 0. The van der Waals surface area contributed by atoms with Gasteiger partial charge in [0.25, 0.3) is 0 Å². The molecule has 0 N–H and O–H groups in total. The maximum atomic E-state index is 13.5. The smallest absolute Gasteiger partial charge is 0.326 e. The van der Waals surface area contributed by atoms with Gasteiger partial charge in [0, 0.05) is 11.8 Å². The van der Waals surface area contributed by atoms with Crippen LogP contribution in [-0.2, 0) is 25.7 Å². The van der Waals surface area contributed by atoms with Gasteiger partial charge in [-0.15, -0.1) is 0 Å². The van der Waals surface area contributed by atoms with Crippen molar-refractivity contribution in [3.05, 3.63) is 107 Å². The minimum atomic E-state index is -0.573. The number of imide groups is 1. The molecule has 5 nitrogen and oxygen atoms in total. The van der Waals surface area contributed by atoms with Gasteiger partial charge in [-0.2, -0.15) is 0 Å². The highest BCUT2D eigenvalue weighted by atomic mass is 16.5. The fourth-order valence-electron chi connectivity index (χ4n) is 5.81. The van der Waals surface area contributed by atoms with Crippen molar-refractivity contribution < 1.29 is 19.1 Å². The van der Waals surface area contributed by atoms with Gasteiger partial charge in [0.05, 0.1) is 11.8 Å². The van der Waals surface area contributed by atoms with Crippen LogP contribution in [0.25, 0.3) is 0 Å². The average Bonchev–Trinajstić information content (AvgIpc) is 3.09. The normalized spacial score (nSPS) is 24.7. The predicted molar refractivity (Wildman–Crippen MR) is 117 cm³/mol. The lowest BCUT2D eigenvalue weighted by molar-refractivity contribution is -0.153. The molecule has 0 unspecified atom stereocenters. The predicted octanol–water partition coefficient (Wildman–Crippen LogP) is 3.62. The molecular weight excluding hydrogens is 402 g/mol. The van der Waals surface area contributed by atoms with E-state index < -0.39 is 17.8 Å². The Hall–Kier alpha value is -3.73. The van der Waals surface area contributed by atoms with Gasteiger partial charge in [-0.05, 0) is 27.8 Å². The Kier molecular flexibility index (Phi) is 4.25. The van der Waals surface area contributed by atoms with Gasteiger partial charge in [-0.3, -0.25) is 19.3 Å². The van der Waals surface area contributed by atoms with Gasteiger partial charge in [0.1, 0.15) is 13.2 Å². The third-order valence-electron chi connectivity index (χ3n) is 7.07. The molecule has 0 saturated carbocycles. The van der Waals surface area contributed by atoms with Crippen molar-refractivity contribution in [3.8, 4) is 0 Å². The first kappa shape index (κ1) is 19.0. The summed E-state index contributed by atoms with van der Waals surface area (Å²) in [7, 11) is 0. The summed E-state index contributed by atoms with van der Waals surface area (Å²) >= 11 is 0. The molecule has 0 spiro atoms. The van der Waals surface area contributed by atoms with Crippen LogP contribution in [0.3, 0.4) is 0 Å². The number of carbonyl (C=O) groups excluding carboxylic acids is 3. The second-order valence-corrected chi connectivity index (χ2v) is 8.67. The summed E-state index contributed by atoms with van der Waals surface area (Å²) in [5.74, 6) is -2.39. The molecule has 5 heteroatoms. The number of likely N-dealkylation sites (tertiary alicyclic amines) is 1. The minimum absolute atomic E-state index is 0.116. The Bertz CT molecular complexity index is 1140. The summed E-state index contributed by atoms with van der Waals surface area (Å²) < 4.78 is 5.35. The highest BCUT2D eigenvalue weighted by Crippen LogP contribution is 2.60. The van der Waals surface area contributed by atoms with Crippen molar-refractivity contribution in [1.82, 2.24) is 4.90 Å². The highest BCUT2D eigenvalue weighted by Gasteiger charge is 2.61. The topological polar surface area (TPSA) is 63.7 Å². The number of ether oxygens (including phenoxy) is 1. The lowest BCUT2D eigenvalue weighted by atomic mass is 9.55. The first-order chi connectivity index (χ1) is 15.6. The molecule has 4 aliphatic rings. The van der Waals surface area contributed by atoms with Gasteiger partial charge < -0.3 is 4.74 Å². The molecule has 1 heterocycles. The summed E-state index contributed by atoms with van der Waals surface area (Å²) in [5.41, 5.74) is 5.33. The van der Waals surface area contributed by atoms with E-state index in [1.54, 1.807) is 0 Å². The fraction of sp³-hybridized carbons (Fsp3) is 0.222. The number of esters is 1. The molecule has 0 radical (unpaired) electrons. The quantitative estimate of drug-likeness (QED) is 0.475. The Morgan fingerprint density at radius 2 is 1.12 bits per heavy atom.